The Bertz CT molecular complexity index is 1110. The molecule has 0 aromatic carbocycles. The van der Waals surface area contributed by atoms with Gasteiger partial charge in [-0.15, -0.1) is 11.3 Å². The summed E-state index contributed by atoms with van der Waals surface area (Å²) in [6.45, 7) is 3.62. The predicted molar refractivity (Wildman–Crippen MR) is 104 cm³/mol. The lowest BCUT2D eigenvalue weighted by molar-refractivity contribution is 0.102. The highest BCUT2D eigenvalue weighted by Gasteiger charge is 2.18. The number of carbonyl (C=O) groups is 1. The highest BCUT2D eigenvalue weighted by atomic mass is 32.2. The zero-order valence-corrected chi connectivity index (χ0v) is 16.5. The Kier molecular flexibility index (Phi) is 5.19. The lowest BCUT2D eigenvalue weighted by atomic mass is 10.3. The average molecular weight is 403 g/mol. The van der Waals surface area contributed by atoms with Crippen LogP contribution in [0.25, 0.3) is 0 Å². The van der Waals surface area contributed by atoms with Crippen LogP contribution in [-0.4, -0.2) is 35.5 Å². The van der Waals surface area contributed by atoms with Crippen LogP contribution < -0.4 is 10.6 Å². The Morgan fingerprint density at radius 3 is 2.63 bits per heavy atom. The van der Waals surface area contributed by atoms with Crippen molar-refractivity contribution in [3.63, 3.8) is 0 Å². The molecule has 3 rings (SSSR count). The minimum atomic E-state index is -3.38. The molecular weight excluding hydrogens is 386 g/mol. The fraction of sp³-hybridized carbons (Fsp3) is 0.176. The SMILES string of the molecule is Cc1cc(NC(=O)c2nc(C)sc2Nc2cncc(S(C)(=O)=O)c2)ccn1. The lowest BCUT2D eigenvalue weighted by Gasteiger charge is -2.08. The van der Waals surface area contributed by atoms with Crippen molar-refractivity contribution >= 4 is 43.5 Å². The molecule has 0 saturated carbocycles. The van der Waals surface area contributed by atoms with E-state index in [0.29, 0.717) is 21.4 Å². The molecule has 27 heavy (non-hydrogen) atoms. The van der Waals surface area contributed by atoms with Gasteiger partial charge in [-0.2, -0.15) is 0 Å². The molecule has 0 spiro atoms. The zero-order chi connectivity index (χ0) is 19.6. The molecule has 0 aliphatic heterocycles. The number of nitrogens with one attached hydrogen (secondary N) is 2. The molecular formula is C17H17N5O3S2. The molecule has 0 atom stereocenters. The van der Waals surface area contributed by atoms with E-state index in [0.717, 1.165) is 11.9 Å². The number of carbonyl (C=O) groups excluding carboxylic acids is 1. The van der Waals surface area contributed by atoms with E-state index in [9.17, 15) is 13.2 Å². The maximum atomic E-state index is 12.6. The van der Waals surface area contributed by atoms with Crippen LogP contribution in [0.3, 0.4) is 0 Å². The Balaban J connectivity index is 1.87. The third-order valence-electron chi connectivity index (χ3n) is 3.50. The monoisotopic (exact) mass is 403 g/mol. The van der Waals surface area contributed by atoms with E-state index in [1.54, 1.807) is 25.3 Å². The molecule has 10 heteroatoms. The summed E-state index contributed by atoms with van der Waals surface area (Å²) >= 11 is 1.29. The van der Waals surface area contributed by atoms with Gasteiger partial charge >= 0.3 is 0 Å². The van der Waals surface area contributed by atoms with Crippen molar-refractivity contribution in [1.82, 2.24) is 15.0 Å². The summed E-state index contributed by atoms with van der Waals surface area (Å²) in [6.07, 6.45) is 5.48. The highest BCUT2D eigenvalue weighted by Crippen LogP contribution is 2.29. The number of aryl methyl sites for hydroxylation is 2. The summed E-state index contributed by atoms with van der Waals surface area (Å²) in [4.78, 5) is 25.0. The summed E-state index contributed by atoms with van der Waals surface area (Å²) in [5.74, 6) is -0.375. The number of anilines is 3. The molecule has 8 nitrogen and oxygen atoms in total. The van der Waals surface area contributed by atoms with Gasteiger partial charge in [-0.25, -0.2) is 13.4 Å². The van der Waals surface area contributed by atoms with Crippen LogP contribution in [0.1, 0.15) is 21.2 Å². The smallest absolute Gasteiger partial charge is 0.277 e. The number of amides is 1. The largest absolute Gasteiger partial charge is 0.344 e. The number of pyridine rings is 2. The van der Waals surface area contributed by atoms with Crippen molar-refractivity contribution < 1.29 is 13.2 Å². The molecule has 3 heterocycles. The van der Waals surface area contributed by atoms with Crippen molar-refractivity contribution in [2.45, 2.75) is 18.7 Å². The van der Waals surface area contributed by atoms with Crippen LogP contribution in [0.2, 0.25) is 0 Å². The number of rotatable bonds is 5. The summed E-state index contributed by atoms with van der Waals surface area (Å²) in [5, 5.41) is 7.03. The van der Waals surface area contributed by atoms with E-state index in [1.165, 1.54) is 29.8 Å². The molecule has 0 fully saturated rings. The number of hydrogen-bond donors (Lipinski definition) is 2. The topological polar surface area (TPSA) is 114 Å². The van der Waals surface area contributed by atoms with Gasteiger partial charge in [0.2, 0.25) is 0 Å². The first kappa shape index (κ1) is 18.9. The minimum Gasteiger partial charge on any atom is -0.344 e. The summed E-state index contributed by atoms with van der Waals surface area (Å²) in [7, 11) is -3.38. The molecule has 3 aromatic rings. The fourth-order valence-electron chi connectivity index (χ4n) is 2.30. The van der Waals surface area contributed by atoms with Gasteiger partial charge in [-0.3, -0.25) is 14.8 Å². The maximum absolute atomic E-state index is 12.6. The molecule has 0 unspecified atom stereocenters. The highest BCUT2D eigenvalue weighted by molar-refractivity contribution is 7.90. The molecule has 0 saturated heterocycles. The van der Waals surface area contributed by atoms with E-state index in [1.807, 2.05) is 6.92 Å². The Labute approximate surface area is 160 Å². The van der Waals surface area contributed by atoms with Crippen LogP contribution in [0.4, 0.5) is 16.4 Å². The number of aromatic nitrogens is 3. The Morgan fingerprint density at radius 1 is 1.15 bits per heavy atom. The standard InChI is InChI=1S/C17H17N5O3S2/c1-10-6-12(4-5-19-10)21-16(23)15-17(26-11(2)20-15)22-13-7-14(9-18-8-13)27(3,24)25/h4-9,22H,1-3H3,(H,19,21,23). The molecule has 2 N–H and O–H groups in total. The minimum absolute atomic E-state index is 0.0898. The van der Waals surface area contributed by atoms with Gasteiger partial charge in [0, 0.05) is 30.0 Å². The molecule has 0 bridgehead atoms. The predicted octanol–water partition coefficient (Wildman–Crippen LogP) is 2.95. The van der Waals surface area contributed by atoms with E-state index >= 15 is 0 Å². The molecule has 1 amide bonds. The van der Waals surface area contributed by atoms with Gasteiger partial charge in [-0.1, -0.05) is 0 Å². The van der Waals surface area contributed by atoms with Gasteiger partial charge in [-0.05, 0) is 32.0 Å². The molecule has 0 radical (unpaired) electrons. The second-order valence-corrected chi connectivity index (χ2v) is 9.08. The van der Waals surface area contributed by atoms with E-state index < -0.39 is 9.84 Å². The number of nitrogens with zero attached hydrogens (tertiary/aromatic N) is 3. The van der Waals surface area contributed by atoms with Crippen molar-refractivity contribution in [1.29, 1.82) is 0 Å². The first-order valence-corrected chi connectivity index (χ1v) is 10.6. The second-order valence-electron chi connectivity index (χ2n) is 5.86. The van der Waals surface area contributed by atoms with Crippen LogP contribution in [0.5, 0.6) is 0 Å². The van der Waals surface area contributed by atoms with Crippen molar-refractivity contribution in [3.05, 3.63) is 53.2 Å². The van der Waals surface area contributed by atoms with Crippen molar-refractivity contribution in [3.8, 4) is 0 Å². The number of thiazole rings is 1. The first-order chi connectivity index (χ1) is 12.7. The Hall–Kier alpha value is -2.85. The summed E-state index contributed by atoms with van der Waals surface area (Å²) in [5.41, 5.74) is 2.07. The van der Waals surface area contributed by atoms with E-state index in [4.69, 9.17) is 0 Å². The lowest BCUT2D eigenvalue weighted by Crippen LogP contribution is -2.14. The third kappa shape index (κ3) is 4.66. The maximum Gasteiger partial charge on any atom is 0.277 e. The molecule has 0 aliphatic rings. The molecule has 0 aliphatic carbocycles. The molecule has 140 valence electrons. The summed E-state index contributed by atoms with van der Waals surface area (Å²) < 4.78 is 23.4. The van der Waals surface area contributed by atoms with Crippen LogP contribution >= 0.6 is 11.3 Å². The van der Waals surface area contributed by atoms with Gasteiger partial charge in [0.1, 0.15) is 5.00 Å². The normalized spacial score (nSPS) is 11.2. The zero-order valence-electron chi connectivity index (χ0n) is 14.8. The number of hydrogen-bond acceptors (Lipinski definition) is 8. The third-order valence-corrected chi connectivity index (χ3v) is 5.47. The van der Waals surface area contributed by atoms with Gasteiger partial charge in [0.15, 0.2) is 15.5 Å². The second kappa shape index (κ2) is 7.41. The van der Waals surface area contributed by atoms with Crippen LogP contribution in [-0.2, 0) is 9.84 Å². The first-order valence-electron chi connectivity index (χ1n) is 7.86. The van der Waals surface area contributed by atoms with Gasteiger partial charge in [0.05, 0.1) is 21.8 Å². The van der Waals surface area contributed by atoms with Crippen LogP contribution in [0, 0.1) is 13.8 Å². The average Bonchev–Trinajstić information content (AvgIpc) is 2.95. The molecule has 3 aromatic heterocycles. The fourth-order valence-corrected chi connectivity index (χ4v) is 3.73. The number of sulfone groups is 1. The summed E-state index contributed by atoms with van der Waals surface area (Å²) in [6, 6.07) is 4.91. The Morgan fingerprint density at radius 2 is 1.93 bits per heavy atom. The quantitative estimate of drug-likeness (QED) is 0.673. The van der Waals surface area contributed by atoms with E-state index in [2.05, 4.69) is 25.6 Å². The van der Waals surface area contributed by atoms with Gasteiger partial charge in [0.25, 0.3) is 5.91 Å². The van der Waals surface area contributed by atoms with Crippen LogP contribution in [0.15, 0.2) is 41.7 Å². The van der Waals surface area contributed by atoms with Crippen molar-refractivity contribution in [2.75, 3.05) is 16.9 Å². The van der Waals surface area contributed by atoms with E-state index in [-0.39, 0.29) is 16.5 Å². The van der Waals surface area contributed by atoms with Gasteiger partial charge < -0.3 is 10.6 Å². The van der Waals surface area contributed by atoms with Crippen molar-refractivity contribution in [2.24, 2.45) is 0 Å².